The maximum absolute atomic E-state index is 11.7. The molecule has 2 heteroatoms. The number of esters is 1. The molecule has 0 saturated heterocycles. The quantitative estimate of drug-likeness (QED) is 0.487. The molecule has 84 valence electrons. The largest absolute Gasteiger partial charge is 0.457 e. The molecule has 0 N–H and O–H groups in total. The molecule has 15 heavy (non-hydrogen) atoms. The predicted octanol–water partition coefficient (Wildman–Crippen LogP) is 3.38. The molecule has 0 spiro atoms. The Morgan fingerprint density at radius 3 is 2.33 bits per heavy atom. The van der Waals surface area contributed by atoms with Gasteiger partial charge >= 0.3 is 5.97 Å². The van der Waals surface area contributed by atoms with Crippen LogP contribution in [-0.4, -0.2) is 11.6 Å². The van der Waals surface area contributed by atoms with Gasteiger partial charge in [0, 0.05) is 12.0 Å². The molecule has 1 rings (SSSR count). The molecule has 0 aromatic heterocycles. The zero-order chi connectivity index (χ0) is 11.6. The van der Waals surface area contributed by atoms with Crippen LogP contribution >= 0.6 is 0 Å². The Balaban J connectivity index is 2.62. The first-order valence-corrected chi connectivity index (χ1v) is 5.37. The van der Waals surface area contributed by atoms with E-state index in [-0.39, 0.29) is 5.97 Å². The second-order valence-electron chi connectivity index (χ2n) is 5.22. The molecule has 0 unspecified atom stereocenters. The lowest BCUT2D eigenvalue weighted by atomic mass is 10.1. The Kier molecular flexibility index (Phi) is 3.38. The summed E-state index contributed by atoms with van der Waals surface area (Å²) in [5.41, 5.74) is 3.06. The molecule has 0 fully saturated rings. The van der Waals surface area contributed by atoms with E-state index in [0.717, 1.165) is 18.4 Å². The van der Waals surface area contributed by atoms with Crippen LogP contribution in [0.3, 0.4) is 0 Å². The van der Waals surface area contributed by atoms with E-state index >= 15 is 0 Å². The number of allylic oxidation sites excluding steroid dienone is 3. The summed E-state index contributed by atoms with van der Waals surface area (Å²) in [6.07, 6.45) is 3.64. The van der Waals surface area contributed by atoms with Crippen molar-refractivity contribution >= 4 is 5.97 Å². The van der Waals surface area contributed by atoms with Gasteiger partial charge < -0.3 is 4.74 Å². The highest BCUT2D eigenvalue weighted by Crippen LogP contribution is 2.28. The zero-order valence-corrected chi connectivity index (χ0v) is 10.3. The molecule has 1 aliphatic rings. The topological polar surface area (TPSA) is 26.3 Å². The molecule has 0 aromatic carbocycles. The lowest BCUT2D eigenvalue weighted by Gasteiger charge is -2.19. The minimum absolute atomic E-state index is 0.168. The van der Waals surface area contributed by atoms with Crippen LogP contribution in [0.4, 0.5) is 0 Å². The fraction of sp³-hybridized carbons (Fsp3) is 0.615. The molecule has 0 aromatic rings. The third-order valence-electron chi connectivity index (χ3n) is 2.37. The van der Waals surface area contributed by atoms with Crippen molar-refractivity contribution in [1.29, 1.82) is 0 Å². The van der Waals surface area contributed by atoms with E-state index in [1.165, 1.54) is 11.1 Å². The summed E-state index contributed by atoms with van der Waals surface area (Å²) in [7, 11) is 0. The molecule has 0 bridgehead atoms. The van der Waals surface area contributed by atoms with Crippen molar-refractivity contribution in [2.45, 2.75) is 53.1 Å². The van der Waals surface area contributed by atoms with Crippen LogP contribution in [0.25, 0.3) is 0 Å². The number of carbonyl (C=O) groups is 1. The lowest BCUT2D eigenvalue weighted by molar-refractivity contribution is -0.149. The van der Waals surface area contributed by atoms with Crippen LogP contribution in [0.2, 0.25) is 0 Å². The molecular formula is C13H20O2. The van der Waals surface area contributed by atoms with Gasteiger partial charge in [-0.05, 0) is 41.0 Å². The van der Waals surface area contributed by atoms with Gasteiger partial charge in [0.25, 0.3) is 0 Å². The maximum atomic E-state index is 11.7. The van der Waals surface area contributed by atoms with Crippen molar-refractivity contribution in [2.24, 2.45) is 0 Å². The lowest BCUT2D eigenvalue weighted by Crippen LogP contribution is -2.24. The maximum Gasteiger partial charge on any atom is 0.334 e. The second-order valence-corrected chi connectivity index (χ2v) is 5.22. The van der Waals surface area contributed by atoms with Crippen LogP contribution in [-0.2, 0) is 9.53 Å². The van der Waals surface area contributed by atoms with E-state index in [4.69, 9.17) is 4.74 Å². The van der Waals surface area contributed by atoms with Gasteiger partial charge in [-0.25, -0.2) is 4.79 Å². The van der Waals surface area contributed by atoms with Gasteiger partial charge in [0.2, 0.25) is 0 Å². The SMILES string of the molecule is CC(C)=C1CC=C(C(=O)OC(C)(C)C)C1. The fourth-order valence-electron chi connectivity index (χ4n) is 1.50. The number of ether oxygens (including phenoxy) is 1. The third kappa shape index (κ3) is 3.54. The van der Waals surface area contributed by atoms with Crippen LogP contribution in [0, 0.1) is 0 Å². The first kappa shape index (κ1) is 12.0. The van der Waals surface area contributed by atoms with Gasteiger partial charge in [-0.3, -0.25) is 0 Å². The molecule has 0 radical (unpaired) electrons. The molecule has 0 atom stereocenters. The molecule has 0 amide bonds. The summed E-state index contributed by atoms with van der Waals surface area (Å²) >= 11 is 0. The van der Waals surface area contributed by atoms with Gasteiger partial charge in [-0.15, -0.1) is 0 Å². The second kappa shape index (κ2) is 4.21. The van der Waals surface area contributed by atoms with Gasteiger partial charge in [0.1, 0.15) is 5.60 Å². The van der Waals surface area contributed by atoms with Gasteiger partial charge in [-0.2, -0.15) is 0 Å². The Hall–Kier alpha value is -1.05. The van der Waals surface area contributed by atoms with E-state index in [2.05, 4.69) is 13.8 Å². The van der Waals surface area contributed by atoms with Crippen LogP contribution < -0.4 is 0 Å². The fourth-order valence-corrected chi connectivity index (χ4v) is 1.50. The van der Waals surface area contributed by atoms with Crippen LogP contribution in [0.15, 0.2) is 22.8 Å². The number of hydrogen-bond donors (Lipinski definition) is 0. The molecule has 1 aliphatic carbocycles. The summed E-state index contributed by atoms with van der Waals surface area (Å²) in [6.45, 7) is 9.84. The average molecular weight is 208 g/mol. The highest BCUT2D eigenvalue weighted by Gasteiger charge is 2.23. The normalized spacial score (nSPS) is 16.3. The Bertz CT molecular complexity index is 323. The summed E-state index contributed by atoms with van der Waals surface area (Å²) < 4.78 is 5.32. The number of hydrogen-bond acceptors (Lipinski definition) is 2. The van der Waals surface area contributed by atoms with Crippen LogP contribution in [0.1, 0.15) is 47.5 Å². The standard InChI is InChI=1S/C13H20O2/c1-9(2)10-6-7-11(8-10)12(14)15-13(3,4)5/h7H,6,8H2,1-5H3. The van der Waals surface area contributed by atoms with Gasteiger partial charge in [0.15, 0.2) is 0 Å². The van der Waals surface area contributed by atoms with Crippen molar-refractivity contribution in [1.82, 2.24) is 0 Å². The summed E-state index contributed by atoms with van der Waals surface area (Å²) in [4.78, 5) is 11.7. The highest BCUT2D eigenvalue weighted by atomic mass is 16.6. The predicted molar refractivity (Wildman–Crippen MR) is 61.5 cm³/mol. The third-order valence-corrected chi connectivity index (χ3v) is 2.37. The summed E-state index contributed by atoms with van der Waals surface area (Å²) in [5, 5.41) is 0. The summed E-state index contributed by atoms with van der Waals surface area (Å²) in [6, 6.07) is 0. The summed E-state index contributed by atoms with van der Waals surface area (Å²) in [5.74, 6) is -0.168. The molecular weight excluding hydrogens is 188 g/mol. The first-order chi connectivity index (χ1) is 6.79. The first-order valence-electron chi connectivity index (χ1n) is 5.37. The molecule has 0 aliphatic heterocycles. The number of carbonyl (C=O) groups excluding carboxylic acids is 1. The van der Waals surface area contributed by atoms with E-state index in [9.17, 15) is 4.79 Å². The van der Waals surface area contributed by atoms with E-state index in [1.807, 2.05) is 26.8 Å². The minimum atomic E-state index is -0.397. The van der Waals surface area contributed by atoms with Crippen molar-refractivity contribution in [3.8, 4) is 0 Å². The zero-order valence-electron chi connectivity index (χ0n) is 10.3. The minimum Gasteiger partial charge on any atom is -0.457 e. The van der Waals surface area contributed by atoms with Crippen molar-refractivity contribution < 1.29 is 9.53 Å². The smallest absolute Gasteiger partial charge is 0.334 e. The van der Waals surface area contributed by atoms with Gasteiger partial charge in [-0.1, -0.05) is 17.2 Å². The van der Waals surface area contributed by atoms with Crippen LogP contribution in [0.5, 0.6) is 0 Å². The monoisotopic (exact) mass is 208 g/mol. The molecule has 0 saturated carbocycles. The molecule has 0 heterocycles. The van der Waals surface area contributed by atoms with Crippen molar-refractivity contribution in [3.05, 3.63) is 22.8 Å². The van der Waals surface area contributed by atoms with E-state index in [0.29, 0.717) is 0 Å². The van der Waals surface area contributed by atoms with E-state index in [1.54, 1.807) is 0 Å². The van der Waals surface area contributed by atoms with Crippen molar-refractivity contribution in [3.63, 3.8) is 0 Å². The number of rotatable bonds is 1. The highest BCUT2D eigenvalue weighted by molar-refractivity contribution is 5.90. The Morgan fingerprint density at radius 2 is 1.93 bits per heavy atom. The van der Waals surface area contributed by atoms with E-state index < -0.39 is 5.60 Å². The van der Waals surface area contributed by atoms with Crippen molar-refractivity contribution in [2.75, 3.05) is 0 Å². The Labute approximate surface area is 92.0 Å². The van der Waals surface area contributed by atoms with Gasteiger partial charge in [0.05, 0.1) is 0 Å². The Morgan fingerprint density at radius 1 is 1.33 bits per heavy atom. The molecule has 2 nitrogen and oxygen atoms in total. The average Bonchev–Trinajstić information content (AvgIpc) is 2.47.